The van der Waals surface area contributed by atoms with Crippen molar-refractivity contribution in [2.75, 3.05) is 11.9 Å². The van der Waals surface area contributed by atoms with E-state index in [1.54, 1.807) is 30.3 Å². The van der Waals surface area contributed by atoms with Crippen LogP contribution in [0.3, 0.4) is 0 Å². The number of amides is 3. The number of hydrogen-bond acceptors (Lipinski definition) is 4. The second-order valence-corrected chi connectivity index (χ2v) is 6.07. The molecule has 1 aromatic rings. The highest BCUT2D eigenvalue weighted by molar-refractivity contribution is 6.25. The minimum absolute atomic E-state index is 0.0661. The minimum atomic E-state index is -0.798. The topological polar surface area (TPSA) is 74.8 Å². The van der Waals surface area contributed by atoms with Crippen LogP contribution in [0.25, 0.3) is 0 Å². The third-order valence-electron chi connectivity index (χ3n) is 5.02. The van der Waals surface area contributed by atoms with Gasteiger partial charge in [0.2, 0.25) is 17.7 Å². The van der Waals surface area contributed by atoms with Crippen LogP contribution in [0.15, 0.2) is 30.3 Å². The predicted molar refractivity (Wildman–Crippen MR) is 75.6 cm³/mol. The lowest BCUT2D eigenvalue weighted by atomic mass is 9.65. The van der Waals surface area contributed by atoms with Crippen molar-refractivity contribution in [1.29, 1.82) is 0 Å². The van der Waals surface area contributed by atoms with E-state index < -0.39 is 23.8 Å². The largest absolute Gasteiger partial charge is 0.335 e. The Balaban J connectivity index is 1.82. The van der Waals surface area contributed by atoms with Crippen LogP contribution in [-0.2, 0) is 19.2 Å². The lowest BCUT2D eigenvalue weighted by Gasteiger charge is -2.46. The molecule has 3 saturated heterocycles. The summed E-state index contributed by atoms with van der Waals surface area (Å²) in [6.07, 6.45) is 0.0661. The van der Waals surface area contributed by atoms with Crippen molar-refractivity contribution in [1.82, 2.24) is 4.90 Å². The SMILES string of the molecule is CN1C(=O)[C@@H]2CC(=O)[C@H]1[C@H]1C(=O)N(c3ccccc3)C(=O)[C@H]12. The molecule has 3 amide bonds. The number of ketones is 1. The van der Waals surface area contributed by atoms with Crippen molar-refractivity contribution in [3.8, 4) is 0 Å². The summed E-state index contributed by atoms with van der Waals surface area (Å²) in [5, 5.41) is 0. The molecule has 0 spiro atoms. The number of imide groups is 1. The van der Waals surface area contributed by atoms with Gasteiger partial charge in [-0.25, -0.2) is 4.90 Å². The maximum Gasteiger partial charge on any atom is 0.240 e. The third-order valence-corrected chi connectivity index (χ3v) is 5.02. The zero-order valence-corrected chi connectivity index (χ0v) is 11.9. The zero-order chi connectivity index (χ0) is 15.6. The maximum absolute atomic E-state index is 12.8. The van der Waals surface area contributed by atoms with Crippen molar-refractivity contribution in [2.24, 2.45) is 17.8 Å². The standard InChI is InChI=1S/C16H14N2O4/c1-17-13-10(19)7-9(14(17)20)11-12(13)16(22)18(15(11)21)8-5-3-2-4-6-8/h2-6,9,11-13H,7H2,1H3/t9-,11+,12+,13+/m1/s1. The number of benzene rings is 1. The van der Waals surface area contributed by atoms with Crippen molar-refractivity contribution < 1.29 is 19.2 Å². The molecule has 22 heavy (non-hydrogen) atoms. The number of rotatable bonds is 1. The number of nitrogens with zero attached hydrogens (tertiary/aromatic N) is 2. The molecule has 0 radical (unpaired) electrons. The van der Waals surface area contributed by atoms with Crippen molar-refractivity contribution >= 4 is 29.2 Å². The van der Waals surface area contributed by atoms with Crippen LogP contribution < -0.4 is 4.90 Å². The van der Waals surface area contributed by atoms with Gasteiger partial charge in [0.15, 0.2) is 5.78 Å². The van der Waals surface area contributed by atoms with Gasteiger partial charge in [-0.2, -0.15) is 0 Å². The Morgan fingerprint density at radius 3 is 2.23 bits per heavy atom. The molecular weight excluding hydrogens is 284 g/mol. The maximum atomic E-state index is 12.8. The van der Waals surface area contributed by atoms with Crippen LogP contribution in [0.4, 0.5) is 5.69 Å². The predicted octanol–water partition coefficient (Wildman–Crippen LogP) is 0.222. The summed E-state index contributed by atoms with van der Waals surface area (Å²) in [5.74, 6) is -3.18. The molecule has 4 fully saturated rings. The Labute approximate surface area is 126 Å². The van der Waals surface area contributed by atoms with Gasteiger partial charge in [0, 0.05) is 13.5 Å². The molecule has 0 aromatic heterocycles. The molecule has 3 heterocycles. The first-order chi connectivity index (χ1) is 10.5. The molecule has 1 saturated carbocycles. The highest BCUT2D eigenvalue weighted by atomic mass is 16.2. The van der Waals surface area contributed by atoms with Gasteiger partial charge in [0.25, 0.3) is 0 Å². The lowest BCUT2D eigenvalue weighted by molar-refractivity contribution is -0.165. The summed E-state index contributed by atoms with van der Waals surface area (Å²) in [5.41, 5.74) is 0.494. The Morgan fingerprint density at radius 2 is 1.55 bits per heavy atom. The molecule has 1 aromatic carbocycles. The van der Waals surface area contributed by atoms with Gasteiger partial charge >= 0.3 is 0 Å². The van der Waals surface area contributed by atoms with E-state index >= 15 is 0 Å². The van der Waals surface area contributed by atoms with Gasteiger partial charge in [-0.3, -0.25) is 19.2 Å². The number of hydrogen-bond donors (Lipinski definition) is 0. The average Bonchev–Trinajstić information content (AvgIpc) is 2.77. The summed E-state index contributed by atoms with van der Waals surface area (Å²) in [6, 6.07) is 7.86. The summed E-state index contributed by atoms with van der Waals surface area (Å²) < 4.78 is 0. The Kier molecular flexibility index (Phi) is 2.55. The zero-order valence-electron chi connectivity index (χ0n) is 11.9. The highest BCUT2D eigenvalue weighted by Gasteiger charge is 2.65. The molecule has 6 heteroatoms. The van der Waals surface area contributed by atoms with Gasteiger partial charge in [-0.15, -0.1) is 0 Å². The van der Waals surface area contributed by atoms with E-state index in [1.807, 2.05) is 0 Å². The first-order valence-electron chi connectivity index (χ1n) is 7.24. The summed E-state index contributed by atoms with van der Waals surface area (Å²) in [6.45, 7) is 0. The van der Waals surface area contributed by atoms with Crippen molar-refractivity contribution in [2.45, 2.75) is 12.5 Å². The lowest BCUT2D eigenvalue weighted by Crippen LogP contribution is -2.64. The summed E-state index contributed by atoms with van der Waals surface area (Å²) >= 11 is 0. The Morgan fingerprint density at radius 1 is 0.909 bits per heavy atom. The quantitative estimate of drug-likeness (QED) is 0.695. The number of likely N-dealkylation sites (N-methyl/N-ethyl adjacent to an activating group) is 1. The van der Waals surface area contributed by atoms with Gasteiger partial charge in [0.1, 0.15) is 6.04 Å². The van der Waals surface area contributed by atoms with E-state index in [0.717, 1.165) is 4.90 Å². The van der Waals surface area contributed by atoms with E-state index in [9.17, 15) is 19.2 Å². The van der Waals surface area contributed by atoms with Gasteiger partial charge in [0.05, 0.1) is 23.4 Å². The molecule has 2 bridgehead atoms. The van der Waals surface area contributed by atoms with E-state index in [0.29, 0.717) is 5.69 Å². The first-order valence-corrected chi connectivity index (χ1v) is 7.24. The minimum Gasteiger partial charge on any atom is -0.335 e. The Bertz CT molecular complexity index is 714. The normalized spacial score (nSPS) is 33.7. The van der Waals surface area contributed by atoms with Crippen molar-refractivity contribution in [3.63, 3.8) is 0 Å². The van der Waals surface area contributed by atoms with Crippen LogP contribution in [0.1, 0.15) is 6.42 Å². The molecule has 5 rings (SSSR count). The van der Waals surface area contributed by atoms with Crippen molar-refractivity contribution in [3.05, 3.63) is 30.3 Å². The molecule has 1 aliphatic carbocycles. The van der Waals surface area contributed by atoms with Crippen LogP contribution >= 0.6 is 0 Å². The van der Waals surface area contributed by atoms with Gasteiger partial charge < -0.3 is 4.90 Å². The van der Waals surface area contributed by atoms with Gasteiger partial charge in [-0.05, 0) is 12.1 Å². The first kappa shape index (κ1) is 13.2. The molecule has 112 valence electrons. The Hall–Kier alpha value is -2.50. The fourth-order valence-corrected chi connectivity index (χ4v) is 4.06. The molecular formula is C16H14N2O4. The number of carbonyl (C=O) groups excluding carboxylic acids is 4. The summed E-state index contributed by atoms with van der Waals surface area (Å²) in [7, 11) is 1.54. The monoisotopic (exact) mass is 298 g/mol. The van der Waals surface area contributed by atoms with Crippen LogP contribution in [0, 0.1) is 17.8 Å². The number of para-hydroxylation sites is 1. The summed E-state index contributed by atoms with van der Waals surface area (Å²) in [4.78, 5) is 52.4. The molecule has 6 nitrogen and oxygen atoms in total. The second kappa shape index (κ2) is 4.25. The number of Topliss-reactive ketones (excluding diaryl/α,β-unsaturated/α-hetero) is 1. The number of anilines is 1. The third kappa shape index (κ3) is 1.44. The van der Waals surface area contributed by atoms with E-state index in [2.05, 4.69) is 0 Å². The number of piperidine rings is 2. The molecule has 3 aliphatic heterocycles. The van der Waals surface area contributed by atoms with Crippen LogP contribution in [0.2, 0.25) is 0 Å². The number of carbonyl (C=O) groups is 4. The molecule has 4 atom stereocenters. The van der Waals surface area contributed by atoms with Crippen LogP contribution in [0.5, 0.6) is 0 Å². The molecule has 0 unspecified atom stereocenters. The van der Waals surface area contributed by atoms with E-state index in [4.69, 9.17) is 0 Å². The highest BCUT2D eigenvalue weighted by Crippen LogP contribution is 2.47. The number of fused-ring (bicyclic) bond motifs is 2. The second-order valence-electron chi connectivity index (χ2n) is 6.07. The smallest absolute Gasteiger partial charge is 0.240 e. The molecule has 4 aliphatic rings. The molecule has 0 N–H and O–H groups in total. The van der Waals surface area contributed by atoms with E-state index in [1.165, 1.54) is 11.9 Å². The van der Waals surface area contributed by atoms with Crippen LogP contribution in [-0.4, -0.2) is 41.5 Å². The average molecular weight is 298 g/mol. The fourth-order valence-electron chi connectivity index (χ4n) is 4.06. The van der Waals surface area contributed by atoms with E-state index in [-0.39, 0.29) is 29.9 Å². The van der Waals surface area contributed by atoms with Gasteiger partial charge in [-0.1, -0.05) is 18.2 Å². The fraction of sp³-hybridized carbons (Fsp3) is 0.375.